The number of benzene rings is 1. The molecule has 2 aromatic heterocycles. The number of esters is 2. The Hall–Kier alpha value is -2.64. The van der Waals surface area contributed by atoms with Gasteiger partial charge < -0.3 is 9.47 Å². The van der Waals surface area contributed by atoms with Crippen molar-refractivity contribution in [3.63, 3.8) is 0 Å². The first kappa shape index (κ1) is 17.2. The van der Waals surface area contributed by atoms with Gasteiger partial charge in [0.1, 0.15) is 5.15 Å². The molecule has 0 radical (unpaired) electrons. The van der Waals surface area contributed by atoms with Crippen molar-refractivity contribution in [1.82, 2.24) is 15.2 Å². The molecule has 9 heteroatoms. The zero-order valence-electron chi connectivity index (χ0n) is 12.8. The number of aromatic amines is 1. The Balaban J connectivity index is 1.96. The predicted octanol–water partition coefficient (Wildman–Crippen LogP) is 3.34. The number of H-pyrrole nitrogens is 1. The van der Waals surface area contributed by atoms with E-state index in [4.69, 9.17) is 32.7 Å². The van der Waals surface area contributed by atoms with E-state index in [9.17, 15) is 9.59 Å². The molecule has 0 saturated heterocycles. The lowest BCUT2D eigenvalue weighted by Gasteiger charge is -2.16. The molecule has 1 N–H and O–H groups in total. The van der Waals surface area contributed by atoms with Crippen LogP contribution in [-0.4, -0.2) is 34.2 Å². The molecular formula is C16H11Cl2N3O4. The maximum atomic E-state index is 12.6. The van der Waals surface area contributed by atoms with E-state index in [1.165, 1.54) is 19.4 Å². The molecule has 7 nitrogen and oxygen atoms in total. The van der Waals surface area contributed by atoms with Gasteiger partial charge in [-0.05, 0) is 18.2 Å². The van der Waals surface area contributed by atoms with Crippen LogP contribution in [0.1, 0.15) is 22.0 Å². The Morgan fingerprint density at radius 1 is 1.20 bits per heavy atom. The van der Waals surface area contributed by atoms with Crippen LogP contribution in [0.15, 0.2) is 36.5 Å². The topological polar surface area (TPSA) is 94.2 Å². The molecule has 0 aliphatic carbocycles. The summed E-state index contributed by atoms with van der Waals surface area (Å²) in [6.07, 6.45) is 0.175. The van der Waals surface area contributed by atoms with Crippen LogP contribution in [0.3, 0.4) is 0 Å². The van der Waals surface area contributed by atoms with E-state index in [2.05, 4.69) is 15.2 Å². The summed E-state index contributed by atoms with van der Waals surface area (Å²) in [5.74, 6) is -1.49. The minimum absolute atomic E-state index is 0.0878. The molecule has 0 aliphatic rings. The Morgan fingerprint density at radius 2 is 1.92 bits per heavy atom. The molecule has 1 aromatic carbocycles. The maximum Gasteiger partial charge on any atom is 0.351 e. The summed E-state index contributed by atoms with van der Waals surface area (Å²) in [7, 11) is 1.21. The Morgan fingerprint density at radius 3 is 2.60 bits per heavy atom. The number of methoxy groups -OCH3 is 1. The fraction of sp³-hybridized carbons (Fsp3) is 0.125. The lowest BCUT2D eigenvalue weighted by atomic mass is 10.1. The Bertz CT molecular complexity index is 940. The number of hydrogen-bond acceptors (Lipinski definition) is 6. The molecular weight excluding hydrogens is 369 g/mol. The number of fused-ring (bicyclic) bond motifs is 1. The molecule has 128 valence electrons. The lowest BCUT2D eigenvalue weighted by molar-refractivity contribution is -0.151. The molecule has 1 atom stereocenters. The van der Waals surface area contributed by atoms with Crippen molar-refractivity contribution in [3.8, 4) is 0 Å². The van der Waals surface area contributed by atoms with Crippen LogP contribution in [0.25, 0.3) is 11.0 Å². The normalized spacial score (nSPS) is 12.0. The summed E-state index contributed by atoms with van der Waals surface area (Å²) < 4.78 is 10.1. The molecule has 3 aromatic rings. The van der Waals surface area contributed by atoms with Crippen molar-refractivity contribution in [2.24, 2.45) is 0 Å². The number of aromatic nitrogens is 3. The third kappa shape index (κ3) is 3.57. The highest BCUT2D eigenvalue weighted by atomic mass is 35.5. The van der Waals surface area contributed by atoms with Crippen molar-refractivity contribution in [2.75, 3.05) is 7.11 Å². The smallest absolute Gasteiger partial charge is 0.351 e. The van der Waals surface area contributed by atoms with E-state index in [-0.39, 0.29) is 10.7 Å². The molecule has 3 rings (SSSR count). The highest BCUT2D eigenvalue weighted by Gasteiger charge is 2.28. The minimum atomic E-state index is -1.25. The Labute approximate surface area is 151 Å². The number of ether oxygens (including phenoxy) is 2. The summed E-state index contributed by atoms with van der Waals surface area (Å²) in [4.78, 5) is 28.7. The summed E-state index contributed by atoms with van der Waals surface area (Å²) in [5, 5.41) is 7.44. The van der Waals surface area contributed by atoms with E-state index in [0.29, 0.717) is 21.6 Å². The third-order valence-corrected chi connectivity index (χ3v) is 3.87. The summed E-state index contributed by atoms with van der Waals surface area (Å²) in [6.45, 7) is 0. The largest absolute Gasteiger partial charge is 0.466 e. The van der Waals surface area contributed by atoms with Gasteiger partial charge in [-0.1, -0.05) is 35.3 Å². The van der Waals surface area contributed by atoms with Gasteiger partial charge >= 0.3 is 11.9 Å². The van der Waals surface area contributed by atoms with Crippen LogP contribution in [0.4, 0.5) is 0 Å². The van der Waals surface area contributed by atoms with E-state index in [0.717, 1.165) is 0 Å². The minimum Gasteiger partial charge on any atom is -0.466 e. The van der Waals surface area contributed by atoms with Gasteiger partial charge in [0.25, 0.3) is 0 Å². The van der Waals surface area contributed by atoms with Crippen LogP contribution in [0.5, 0.6) is 0 Å². The quantitative estimate of drug-likeness (QED) is 0.551. The number of halogens is 2. The van der Waals surface area contributed by atoms with Crippen molar-refractivity contribution in [2.45, 2.75) is 6.10 Å². The van der Waals surface area contributed by atoms with Crippen molar-refractivity contribution >= 4 is 46.2 Å². The van der Waals surface area contributed by atoms with Gasteiger partial charge in [0.2, 0.25) is 6.10 Å². The SMILES string of the molecule is COC(=O)C(OC(=O)c1cc(Cl)nc2[nH]ncc12)c1ccc(Cl)cc1. The van der Waals surface area contributed by atoms with E-state index >= 15 is 0 Å². The highest BCUT2D eigenvalue weighted by Crippen LogP contribution is 2.25. The van der Waals surface area contributed by atoms with E-state index < -0.39 is 18.0 Å². The van der Waals surface area contributed by atoms with Crippen molar-refractivity contribution in [3.05, 3.63) is 57.8 Å². The first-order chi connectivity index (χ1) is 12.0. The van der Waals surface area contributed by atoms with Crippen molar-refractivity contribution in [1.29, 1.82) is 0 Å². The molecule has 0 saturated carbocycles. The van der Waals surface area contributed by atoms with E-state index in [1.807, 2.05) is 0 Å². The zero-order valence-corrected chi connectivity index (χ0v) is 14.3. The monoisotopic (exact) mass is 379 g/mol. The second-order valence-corrected chi connectivity index (χ2v) is 5.81. The molecule has 0 amide bonds. The van der Waals surface area contributed by atoms with Gasteiger partial charge in [0, 0.05) is 10.6 Å². The summed E-state index contributed by atoms with van der Waals surface area (Å²) in [6, 6.07) is 7.66. The van der Waals surface area contributed by atoms with Gasteiger partial charge in [-0.3, -0.25) is 5.10 Å². The fourth-order valence-electron chi connectivity index (χ4n) is 2.23. The standard InChI is InChI=1S/C16H11Cl2N3O4/c1-24-16(23)13(8-2-4-9(17)5-3-8)25-15(22)10-6-12(18)20-14-11(10)7-19-21-14/h2-7,13H,1H3,(H,19,20,21). The van der Waals surface area contributed by atoms with Gasteiger partial charge in [-0.15, -0.1) is 0 Å². The summed E-state index contributed by atoms with van der Waals surface area (Å²) >= 11 is 11.8. The number of nitrogens with one attached hydrogen (secondary N) is 1. The van der Waals surface area contributed by atoms with Crippen molar-refractivity contribution < 1.29 is 19.1 Å². The van der Waals surface area contributed by atoms with Gasteiger partial charge in [-0.2, -0.15) is 5.10 Å². The number of rotatable bonds is 4. The first-order valence-electron chi connectivity index (χ1n) is 7.03. The number of nitrogens with zero attached hydrogens (tertiary/aromatic N) is 2. The summed E-state index contributed by atoms with van der Waals surface area (Å²) in [5.41, 5.74) is 0.889. The van der Waals surface area contributed by atoms with Gasteiger partial charge in [0.05, 0.1) is 24.3 Å². The average Bonchev–Trinajstić information content (AvgIpc) is 3.07. The molecule has 1 unspecified atom stereocenters. The Kier molecular flexibility index (Phi) is 4.87. The van der Waals surface area contributed by atoms with Crippen LogP contribution >= 0.6 is 23.2 Å². The second-order valence-electron chi connectivity index (χ2n) is 4.98. The molecule has 2 heterocycles. The fourth-order valence-corrected chi connectivity index (χ4v) is 2.55. The molecule has 0 spiro atoms. The molecule has 0 bridgehead atoms. The van der Waals surface area contributed by atoms with Crippen LogP contribution in [-0.2, 0) is 14.3 Å². The highest BCUT2D eigenvalue weighted by molar-refractivity contribution is 6.30. The number of hydrogen-bond donors (Lipinski definition) is 1. The van der Waals surface area contributed by atoms with Crippen LogP contribution < -0.4 is 0 Å². The molecule has 0 aliphatic heterocycles. The average molecular weight is 380 g/mol. The maximum absolute atomic E-state index is 12.6. The lowest BCUT2D eigenvalue weighted by Crippen LogP contribution is -2.21. The third-order valence-electron chi connectivity index (χ3n) is 3.42. The van der Waals surface area contributed by atoms with E-state index in [1.54, 1.807) is 24.3 Å². The molecule has 25 heavy (non-hydrogen) atoms. The predicted molar refractivity (Wildman–Crippen MR) is 90.5 cm³/mol. The van der Waals surface area contributed by atoms with Gasteiger partial charge in [-0.25, -0.2) is 14.6 Å². The zero-order chi connectivity index (χ0) is 18.0. The number of carbonyl (C=O) groups is 2. The first-order valence-corrected chi connectivity index (χ1v) is 7.79. The number of carbonyl (C=O) groups excluding carboxylic acids is 2. The van der Waals surface area contributed by atoms with Gasteiger partial charge in [0.15, 0.2) is 5.65 Å². The van der Waals surface area contributed by atoms with Crippen LogP contribution in [0, 0.1) is 0 Å². The molecule has 0 fully saturated rings. The van der Waals surface area contributed by atoms with Crippen LogP contribution in [0.2, 0.25) is 10.2 Å². The number of pyridine rings is 1. The second kappa shape index (κ2) is 7.08.